The van der Waals surface area contributed by atoms with Crippen LogP contribution < -0.4 is 4.74 Å². The van der Waals surface area contributed by atoms with Gasteiger partial charge in [0, 0.05) is 12.1 Å². The lowest BCUT2D eigenvalue weighted by Gasteiger charge is -2.09. The van der Waals surface area contributed by atoms with Gasteiger partial charge in [0.25, 0.3) is 0 Å². The molecule has 19 heavy (non-hydrogen) atoms. The molecule has 1 aromatic carbocycles. The van der Waals surface area contributed by atoms with Crippen molar-refractivity contribution in [2.24, 2.45) is 0 Å². The molecule has 1 aromatic heterocycles. The van der Waals surface area contributed by atoms with Crippen molar-refractivity contribution in [1.29, 1.82) is 0 Å². The van der Waals surface area contributed by atoms with Gasteiger partial charge in [0.15, 0.2) is 0 Å². The molecule has 0 fully saturated rings. The molecule has 3 nitrogen and oxygen atoms in total. The highest BCUT2D eigenvalue weighted by Crippen LogP contribution is 2.18. The van der Waals surface area contributed by atoms with E-state index in [9.17, 15) is 0 Å². The summed E-state index contributed by atoms with van der Waals surface area (Å²) >= 11 is 5.90. The summed E-state index contributed by atoms with van der Waals surface area (Å²) < 4.78 is 5.75. The van der Waals surface area contributed by atoms with E-state index < -0.39 is 0 Å². The molecule has 0 bridgehead atoms. The number of nitrogens with zero attached hydrogens (tertiary/aromatic N) is 2. The second-order valence-corrected chi connectivity index (χ2v) is 5.00. The molecular formula is C15H17ClN2O. The molecule has 0 unspecified atom stereocenters. The third-order valence-electron chi connectivity index (χ3n) is 2.78. The van der Waals surface area contributed by atoms with E-state index >= 15 is 0 Å². The van der Waals surface area contributed by atoms with Gasteiger partial charge in [-0.05, 0) is 38.5 Å². The van der Waals surface area contributed by atoms with Gasteiger partial charge in [0.05, 0.1) is 6.61 Å². The summed E-state index contributed by atoms with van der Waals surface area (Å²) in [7, 11) is 0. The maximum Gasteiger partial charge on any atom is 0.133 e. The van der Waals surface area contributed by atoms with Crippen LogP contribution in [0.4, 0.5) is 0 Å². The van der Waals surface area contributed by atoms with E-state index in [-0.39, 0.29) is 0 Å². The largest absolute Gasteiger partial charge is 0.493 e. The van der Waals surface area contributed by atoms with Gasteiger partial charge in [-0.25, -0.2) is 9.97 Å². The van der Waals surface area contributed by atoms with Crippen molar-refractivity contribution in [1.82, 2.24) is 9.97 Å². The van der Waals surface area contributed by atoms with Crippen LogP contribution >= 0.6 is 11.6 Å². The Labute approximate surface area is 118 Å². The first kappa shape index (κ1) is 13.8. The van der Waals surface area contributed by atoms with E-state index in [1.807, 2.05) is 26.0 Å². The van der Waals surface area contributed by atoms with Gasteiger partial charge in [-0.2, -0.15) is 0 Å². The highest BCUT2D eigenvalue weighted by atomic mass is 35.5. The van der Waals surface area contributed by atoms with E-state index in [2.05, 4.69) is 23.0 Å². The van der Waals surface area contributed by atoms with Crippen LogP contribution in [0.1, 0.15) is 22.6 Å². The second kappa shape index (κ2) is 6.02. The molecule has 2 rings (SSSR count). The van der Waals surface area contributed by atoms with E-state index in [1.165, 1.54) is 5.56 Å². The molecule has 2 aromatic rings. The normalized spacial score (nSPS) is 10.5. The quantitative estimate of drug-likeness (QED) is 0.799. The number of aryl methyl sites for hydroxylation is 3. The van der Waals surface area contributed by atoms with Crippen LogP contribution in [0.5, 0.6) is 5.75 Å². The van der Waals surface area contributed by atoms with Gasteiger partial charge in [0.2, 0.25) is 0 Å². The highest BCUT2D eigenvalue weighted by Gasteiger charge is 2.03. The van der Waals surface area contributed by atoms with Crippen molar-refractivity contribution in [2.75, 3.05) is 6.61 Å². The Hall–Kier alpha value is -1.61. The van der Waals surface area contributed by atoms with Gasteiger partial charge in [0.1, 0.15) is 16.7 Å². The number of aromatic nitrogens is 2. The van der Waals surface area contributed by atoms with E-state index in [0.717, 1.165) is 22.8 Å². The van der Waals surface area contributed by atoms with Crippen LogP contribution in [0.3, 0.4) is 0 Å². The minimum absolute atomic E-state index is 0.481. The van der Waals surface area contributed by atoms with Crippen LogP contribution in [0.25, 0.3) is 0 Å². The number of ether oxygens (including phenoxy) is 1. The van der Waals surface area contributed by atoms with Gasteiger partial charge in [-0.1, -0.05) is 29.3 Å². The SMILES string of the molecule is Cc1ccc(OCCc2nc(C)cc(Cl)n2)c(C)c1. The van der Waals surface area contributed by atoms with Crippen molar-refractivity contribution >= 4 is 11.6 Å². The molecule has 0 amide bonds. The Kier molecular flexibility index (Phi) is 4.38. The Morgan fingerprint density at radius 3 is 2.58 bits per heavy atom. The highest BCUT2D eigenvalue weighted by molar-refractivity contribution is 6.29. The Balaban J connectivity index is 1.96. The van der Waals surface area contributed by atoms with Gasteiger partial charge in [-0.3, -0.25) is 0 Å². The van der Waals surface area contributed by atoms with Crippen molar-refractivity contribution < 1.29 is 4.74 Å². The van der Waals surface area contributed by atoms with Crippen LogP contribution in [-0.2, 0) is 6.42 Å². The van der Waals surface area contributed by atoms with Crippen molar-refractivity contribution in [3.05, 3.63) is 52.1 Å². The fourth-order valence-electron chi connectivity index (χ4n) is 1.91. The molecule has 1 heterocycles. The summed E-state index contributed by atoms with van der Waals surface area (Å²) in [6.07, 6.45) is 0.648. The van der Waals surface area contributed by atoms with Gasteiger partial charge >= 0.3 is 0 Å². The fourth-order valence-corrected chi connectivity index (χ4v) is 2.17. The Morgan fingerprint density at radius 2 is 1.89 bits per heavy atom. The van der Waals surface area contributed by atoms with Crippen molar-refractivity contribution in [3.63, 3.8) is 0 Å². The molecule has 0 aliphatic heterocycles. The predicted octanol–water partition coefficient (Wildman–Crippen LogP) is 3.68. The summed E-state index contributed by atoms with van der Waals surface area (Å²) in [6, 6.07) is 7.89. The van der Waals surface area contributed by atoms with Gasteiger partial charge in [-0.15, -0.1) is 0 Å². The zero-order valence-corrected chi connectivity index (χ0v) is 12.2. The summed E-state index contributed by atoms with van der Waals surface area (Å²) in [5.41, 5.74) is 3.25. The molecule has 0 aliphatic carbocycles. The average molecular weight is 277 g/mol. The molecule has 0 saturated heterocycles. The standard InChI is InChI=1S/C15H17ClN2O/c1-10-4-5-13(11(2)8-10)19-7-6-15-17-12(3)9-14(16)18-15/h4-5,8-9H,6-7H2,1-3H3. The first-order valence-corrected chi connectivity index (χ1v) is 6.62. The molecule has 0 spiro atoms. The van der Waals surface area contributed by atoms with E-state index in [0.29, 0.717) is 18.2 Å². The van der Waals surface area contributed by atoms with Crippen LogP contribution in [-0.4, -0.2) is 16.6 Å². The molecular weight excluding hydrogens is 260 g/mol. The molecule has 0 radical (unpaired) electrons. The molecule has 0 aliphatic rings. The number of hydrogen-bond donors (Lipinski definition) is 0. The first-order chi connectivity index (χ1) is 9.04. The van der Waals surface area contributed by atoms with Crippen LogP contribution in [0, 0.1) is 20.8 Å². The maximum atomic E-state index is 5.90. The van der Waals surface area contributed by atoms with Crippen LogP contribution in [0.2, 0.25) is 5.15 Å². The summed E-state index contributed by atoms with van der Waals surface area (Å²) in [5, 5.41) is 0.481. The first-order valence-electron chi connectivity index (χ1n) is 6.25. The van der Waals surface area contributed by atoms with E-state index in [1.54, 1.807) is 6.07 Å². The third kappa shape index (κ3) is 3.93. The monoisotopic (exact) mass is 276 g/mol. The molecule has 0 atom stereocenters. The van der Waals surface area contributed by atoms with Gasteiger partial charge < -0.3 is 4.74 Å². The predicted molar refractivity (Wildman–Crippen MR) is 76.9 cm³/mol. The summed E-state index contributed by atoms with van der Waals surface area (Å²) in [4.78, 5) is 8.50. The zero-order valence-electron chi connectivity index (χ0n) is 11.4. The summed E-state index contributed by atoms with van der Waals surface area (Å²) in [6.45, 7) is 6.56. The lowest BCUT2D eigenvalue weighted by atomic mass is 10.1. The van der Waals surface area contributed by atoms with Crippen molar-refractivity contribution in [2.45, 2.75) is 27.2 Å². The molecule has 0 saturated carbocycles. The number of halogens is 1. The van der Waals surface area contributed by atoms with E-state index in [4.69, 9.17) is 16.3 Å². The maximum absolute atomic E-state index is 5.90. The smallest absolute Gasteiger partial charge is 0.133 e. The lowest BCUT2D eigenvalue weighted by molar-refractivity contribution is 0.316. The Morgan fingerprint density at radius 1 is 1.11 bits per heavy atom. The third-order valence-corrected chi connectivity index (χ3v) is 2.98. The van der Waals surface area contributed by atoms with Crippen LogP contribution in [0.15, 0.2) is 24.3 Å². The minimum Gasteiger partial charge on any atom is -0.493 e. The molecule has 100 valence electrons. The number of benzene rings is 1. The molecule has 4 heteroatoms. The Bertz CT molecular complexity index is 564. The summed E-state index contributed by atoms with van der Waals surface area (Å²) in [5.74, 6) is 1.62. The number of rotatable bonds is 4. The minimum atomic E-state index is 0.481. The zero-order chi connectivity index (χ0) is 13.8. The average Bonchev–Trinajstić information content (AvgIpc) is 2.30. The second-order valence-electron chi connectivity index (χ2n) is 4.62. The number of hydrogen-bond acceptors (Lipinski definition) is 3. The topological polar surface area (TPSA) is 35.0 Å². The lowest BCUT2D eigenvalue weighted by Crippen LogP contribution is -2.06. The van der Waals surface area contributed by atoms with Crippen molar-refractivity contribution in [3.8, 4) is 5.75 Å². The fraction of sp³-hybridized carbons (Fsp3) is 0.333. The molecule has 0 N–H and O–H groups in total.